The van der Waals surface area contributed by atoms with Crippen LogP contribution in [-0.2, 0) is 14.3 Å². The van der Waals surface area contributed by atoms with E-state index in [0.29, 0.717) is 0 Å². The average Bonchev–Trinajstić information content (AvgIpc) is 2.25. The molecule has 110 valence electrons. The zero-order valence-electron chi connectivity index (χ0n) is 11.5. The first kappa shape index (κ1) is 15.7. The zero-order chi connectivity index (χ0) is 14.8. The summed E-state index contributed by atoms with van der Waals surface area (Å²) < 4.78 is 36.7. The van der Waals surface area contributed by atoms with Crippen LogP contribution in [0.3, 0.4) is 0 Å². The number of piperidine rings is 1. The standard InChI is InChI=1S/C12H19F2NO4/c1-11(2,3)19-10(17)15-6-5-12(13,14)8(7-15)9(16)18-4/h8H,5-7H2,1-4H3/t8-/m0/s1. The fourth-order valence-corrected chi connectivity index (χ4v) is 1.79. The highest BCUT2D eigenvalue weighted by Crippen LogP contribution is 2.34. The summed E-state index contributed by atoms with van der Waals surface area (Å²) in [7, 11) is 1.05. The van der Waals surface area contributed by atoms with Gasteiger partial charge in [-0.15, -0.1) is 0 Å². The Labute approximate surface area is 110 Å². The maximum atomic E-state index is 13.6. The van der Waals surface area contributed by atoms with E-state index in [-0.39, 0.29) is 6.54 Å². The Morgan fingerprint density at radius 3 is 2.37 bits per heavy atom. The Morgan fingerprint density at radius 2 is 1.89 bits per heavy atom. The van der Waals surface area contributed by atoms with Crippen molar-refractivity contribution in [3.63, 3.8) is 0 Å². The van der Waals surface area contributed by atoms with Crippen LogP contribution in [0, 0.1) is 5.92 Å². The Morgan fingerprint density at radius 1 is 1.32 bits per heavy atom. The van der Waals surface area contributed by atoms with Gasteiger partial charge in [0.1, 0.15) is 11.5 Å². The molecule has 1 heterocycles. The lowest BCUT2D eigenvalue weighted by Crippen LogP contribution is -2.53. The number of halogens is 2. The first-order chi connectivity index (χ1) is 8.57. The van der Waals surface area contributed by atoms with Crippen molar-refractivity contribution in [1.82, 2.24) is 4.90 Å². The van der Waals surface area contributed by atoms with E-state index in [0.717, 1.165) is 12.0 Å². The van der Waals surface area contributed by atoms with Gasteiger partial charge in [0, 0.05) is 19.5 Å². The molecule has 19 heavy (non-hydrogen) atoms. The van der Waals surface area contributed by atoms with Gasteiger partial charge in [0.2, 0.25) is 0 Å². The fourth-order valence-electron chi connectivity index (χ4n) is 1.79. The minimum Gasteiger partial charge on any atom is -0.469 e. The van der Waals surface area contributed by atoms with E-state index in [1.54, 1.807) is 20.8 Å². The van der Waals surface area contributed by atoms with Crippen molar-refractivity contribution >= 4 is 12.1 Å². The molecule has 0 N–H and O–H groups in total. The minimum absolute atomic E-state index is 0.143. The Balaban J connectivity index is 2.75. The summed E-state index contributed by atoms with van der Waals surface area (Å²) in [5, 5.41) is 0. The number of hydrogen-bond acceptors (Lipinski definition) is 4. The van der Waals surface area contributed by atoms with Gasteiger partial charge in [-0.05, 0) is 20.8 Å². The lowest BCUT2D eigenvalue weighted by Gasteiger charge is -2.37. The molecule has 0 spiro atoms. The molecule has 1 amide bonds. The van der Waals surface area contributed by atoms with Gasteiger partial charge in [0.25, 0.3) is 5.92 Å². The smallest absolute Gasteiger partial charge is 0.410 e. The van der Waals surface area contributed by atoms with Crippen LogP contribution in [0.25, 0.3) is 0 Å². The van der Waals surface area contributed by atoms with E-state index < -0.39 is 42.5 Å². The molecular weight excluding hydrogens is 260 g/mol. The van der Waals surface area contributed by atoms with Crippen molar-refractivity contribution in [2.24, 2.45) is 5.92 Å². The number of carbonyl (C=O) groups is 2. The van der Waals surface area contributed by atoms with Crippen molar-refractivity contribution in [1.29, 1.82) is 0 Å². The maximum absolute atomic E-state index is 13.6. The zero-order valence-corrected chi connectivity index (χ0v) is 11.5. The second kappa shape index (κ2) is 5.30. The van der Waals surface area contributed by atoms with Gasteiger partial charge in [0.15, 0.2) is 0 Å². The third kappa shape index (κ3) is 4.04. The monoisotopic (exact) mass is 279 g/mol. The van der Waals surface area contributed by atoms with Gasteiger partial charge in [0.05, 0.1) is 7.11 Å². The first-order valence-electron chi connectivity index (χ1n) is 6.00. The molecule has 0 aromatic heterocycles. The predicted octanol–water partition coefficient (Wildman–Crippen LogP) is 2.05. The van der Waals surface area contributed by atoms with Crippen molar-refractivity contribution < 1.29 is 27.8 Å². The van der Waals surface area contributed by atoms with Gasteiger partial charge < -0.3 is 14.4 Å². The second-order valence-corrected chi connectivity index (χ2v) is 5.51. The number of methoxy groups -OCH3 is 1. The SMILES string of the molecule is COC(=O)[C@@H]1CN(C(=O)OC(C)(C)C)CCC1(F)F. The van der Waals surface area contributed by atoms with Gasteiger partial charge >= 0.3 is 12.1 Å². The summed E-state index contributed by atoms with van der Waals surface area (Å²) in [6.45, 7) is 4.51. The Bertz CT molecular complexity index is 365. The third-order valence-electron chi connectivity index (χ3n) is 2.77. The minimum atomic E-state index is -3.16. The summed E-state index contributed by atoms with van der Waals surface area (Å²) in [6.07, 6.45) is -1.27. The van der Waals surface area contributed by atoms with Crippen LogP contribution in [0.2, 0.25) is 0 Å². The van der Waals surface area contributed by atoms with E-state index in [4.69, 9.17) is 4.74 Å². The number of rotatable bonds is 1. The van der Waals surface area contributed by atoms with Crippen molar-refractivity contribution in [3.8, 4) is 0 Å². The molecule has 0 aliphatic carbocycles. The third-order valence-corrected chi connectivity index (χ3v) is 2.77. The normalized spacial score (nSPS) is 22.8. The number of likely N-dealkylation sites (tertiary alicyclic amines) is 1. The van der Waals surface area contributed by atoms with Gasteiger partial charge in [-0.1, -0.05) is 0 Å². The van der Waals surface area contributed by atoms with Crippen LogP contribution in [0.4, 0.5) is 13.6 Å². The molecular formula is C12H19F2NO4. The van der Waals surface area contributed by atoms with Gasteiger partial charge in [-0.3, -0.25) is 4.79 Å². The second-order valence-electron chi connectivity index (χ2n) is 5.51. The van der Waals surface area contributed by atoms with Gasteiger partial charge in [-0.25, -0.2) is 13.6 Å². The number of alkyl halides is 2. The summed E-state index contributed by atoms with van der Waals surface area (Å²) in [5.41, 5.74) is -0.711. The molecule has 0 unspecified atom stereocenters. The number of carbonyl (C=O) groups excluding carboxylic acids is 2. The summed E-state index contributed by atoms with van der Waals surface area (Å²) in [4.78, 5) is 24.3. The number of nitrogens with zero attached hydrogens (tertiary/aromatic N) is 1. The van der Waals surface area contributed by atoms with E-state index in [9.17, 15) is 18.4 Å². The predicted molar refractivity (Wildman–Crippen MR) is 62.9 cm³/mol. The summed E-state index contributed by atoms with van der Waals surface area (Å²) >= 11 is 0. The quantitative estimate of drug-likeness (QED) is 0.689. The number of hydrogen-bond donors (Lipinski definition) is 0. The Hall–Kier alpha value is -1.40. The highest BCUT2D eigenvalue weighted by molar-refractivity contribution is 5.76. The fraction of sp³-hybridized carbons (Fsp3) is 0.833. The van der Waals surface area contributed by atoms with Crippen molar-refractivity contribution in [2.45, 2.75) is 38.7 Å². The largest absolute Gasteiger partial charge is 0.469 e. The van der Waals surface area contributed by atoms with Crippen LogP contribution in [0.1, 0.15) is 27.2 Å². The number of ether oxygens (including phenoxy) is 2. The van der Waals surface area contributed by atoms with Crippen LogP contribution in [0.15, 0.2) is 0 Å². The lowest BCUT2D eigenvalue weighted by molar-refractivity contribution is -0.168. The van der Waals surface area contributed by atoms with Crippen LogP contribution >= 0.6 is 0 Å². The van der Waals surface area contributed by atoms with E-state index >= 15 is 0 Å². The molecule has 0 saturated carbocycles. The molecule has 1 aliphatic rings. The molecule has 7 heteroatoms. The molecule has 0 aromatic rings. The van der Waals surface area contributed by atoms with Crippen molar-refractivity contribution in [2.75, 3.05) is 20.2 Å². The van der Waals surface area contributed by atoms with Crippen LogP contribution < -0.4 is 0 Å². The Kier molecular flexibility index (Phi) is 4.37. The maximum Gasteiger partial charge on any atom is 0.410 e. The van der Waals surface area contributed by atoms with E-state index in [1.165, 1.54) is 0 Å². The molecule has 0 radical (unpaired) electrons. The van der Waals surface area contributed by atoms with Crippen molar-refractivity contribution in [3.05, 3.63) is 0 Å². The lowest BCUT2D eigenvalue weighted by atomic mass is 9.94. The first-order valence-corrected chi connectivity index (χ1v) is 6.00. The van der Waals surface area contributed by atoms with Crippen LogP contribution in [0.5, 0.6) is 0 Å². The highest BCUT2D eigenvalue weighted by atomic mass is 19.3. The highest BCUT2D eigenvalue weighted by Gasteiger charge is 2.50. The molecule has 0 bridgehead atoms. The molecule has 5 nitrogen and oxygen atoms in total. The molecule has 1 rings (SSSR count). The topological polar surface area (TPSA) is 55.8 Å². The molecule has 1 atom stereocenters. The van der Waals surface area contributed by atoms with E-state index in [1.807, 2.05) is 0 Å². The summed E-state index contributed by atoms with van der Waals surface area (Å²) in [5.74, 6) is -5.82. The average molecular weight is 279 g/mol. The number of amides is 1. The summed E-state index contributed by atoms with van der Waals surface area (Å²) in [6, 6.07) is 0. The molecule has 0 aromatic carbocycles. The van der Waals surface area contributed by atoms with Gasteiger partial charge in [-0.2, -0.15) is 0 Å². The molecule has 1 fully saturated rings. The number of esters is 1. The van der Waals surface area contributed by atoms with E-state index in [2.05, 4.69) is 4.74 Å². The molecule has 1 saturated heterocycles. The van der Waals surface area contributed by atoms with Crippen LogP contribution in [-0.4, -0.2) is 48.7 Å². The molecule has 1 aliphatic heterocycles.